The van der Waals surface area contributed by atoms with Crippen molar-refractivity contribution in [1.82, 2.24) is 4.98 Å². The maximum Gasteiger partial charge on any atom is 0.310 e. The molecule has 0 spiro atoms. The van der Waals surface area contributed by atoms with Crippen molar-refractivity contribution < 1.29 is 18.7 Å². The van der Waals surface area contributed by atoms with Gasteiger partial charge in [0.2, 0.25) is 0 Å². The van der Waals surface area contributed by atoms with Crippen LogP contribution < -0.4 is 0 Å². The van der Waals surface area contributed by atoms with Gasteiger partial charge < -0.3 is 9.47 Å². The molecule has 1 aromatic rings. The molecule has 0 N–H and O–H groups in total. The van der Waals surface area contributed by atoms with Gasteiger partial charge in [0.05, 0.1) is 25.3 Å². The van der Waals surface area contributed by atoms with Crippen molar-refractivity contribution in [3.05, 3.63) is 29.6 Å². The maximum atomic E-state index is 14.0. The number of alkyl halides is 1. The molecular formula is C14H18FNO3. The maximum absolute atomic E-state index is 14.0. The van der Waals surface area contributed by atoms with Gasteiger partial charge in [-0.25, -0.2) is 4.39 Å². The first-order valence-corrected chi connectivity index (χ1v) is 6.22. The highest BCUT2D eigenvalue weighted by atomic mass is 19.1. The summed E-state index contributed by atoms with van der Waals surface area (Å²) in [7, 11) is 0. The third-order valence-corrected chi connectivity index (χ3v) is 2.71. The van der Waals surface area contributed by atoms with E-state index in [0.717, 1.165) is 0 Å². The molecule has 0 bridgehead atoms. The highest BCUT2D eigenvalue weighted by Gasteiger charge is 2.41. The Balaban J connectivity index is 1.97. The number of halogens is 1. The summed E-state index contributed by atoms with van der Waals surface area (Å²) in [5, 5.41) is 0. The van der Waals surface area contributed by atoms with Crippen molar-refractivity contribution in [1.29, 1.82) is 0 Å². The van der Waals surface area contributed by atoms with Gasteiger partial charge in [0.15, 0.2) is 5.67 Å². The van der Waals surface area contributed by atoms with Crippen LogP contribution in [-0.2, 0) is 26.4 Å². The van der Waals surface area contributed by atoms with Crippen LogP contribution in [0.1, 0.15) is 32.0 Å². The summed E-state index contributed by atoms with van der Waals surface area (Å²) >= 11 is 0. The Morgan fingerprint density at radius 1 is 1.47 bits per heavy atom. The van der Waals surface area contributed by atoms with Crippen LogP contribution >= 0.6 is 0 Å². The van der Waals surface area contributed by atoms with E-state index in [4.69, 9.17) is 9.47 Å². The molecule has 19 heavy (non-hydrogen) atoms. The van der Waals surface area contributed by atoms with E-state index in [1.54, 1.807) is 12.1 Å². The molecule has 2 rings (SSSR count). The fourth-order valence-corrected chi connectivity index (χ4v) is 1.77. The Bertz CT molecular complexity index is 461. The van der Waals surface area contributed by atoms with Crippen molar-refractivity contribution in [2.24, 2.45) is 0 Å². The molecule has 1 aliphatic rings. The monoisotopic (exact) mass is 267 g/mol. The number of aromatic nitrogens is 1. The summed E-state index contributed by atoms with van der Waals surface area (Å²) in [5.74, 6) is -0.316. The zero-order valence-corrected chi connectivity index (χ0v) is 11.4. The molecule has 0 atom stereocenters. The van der Waals surface area contributed by atoms with Crippen LogP contribution in [0.2, 0.25) is 0 Å². The summed E-state index contributed by atoms with van der Waals surface area (Å²) in [5.41, 5.74) is -0.908. The number of ether oxygens (including phenoxy) is 2. The number of rotatable bonds is 3. The Morgan fingerprint density at radius 3 is 2.58 bits per heavy atom. The first-order valence-electron chi connectivity index (χ1n) is 6.22. The number of esters is 1. The average molecular weight is 267 g/mol. The van der Waals surface area contributed by atoms with E-state index in [1.807, 2.05) is 20.8 Å². The number of carbonyl (C=O) groups is 1. The van der Waals surface area contributed by atoms with E-state index in [2.05, 4.69) is 4.98 Å². The molecule has 0 radical (unpaired) electrons. The zero-order valence-electron chi connectivity index (χ0n) is 11.4. The minimum Gasteiger partial charge on any atom is -0.460 e. The third-order valence-electron chi connectivity index (χ3n) is 2.71. The van der Waals surface area contributed by atoms with E-state index in [1.165, 1.54) is 6.20 Å². The Labute approximate surface area is 111 Å². The largest absolute Gasteiger partial charge is 0.460 e. The Kier molecular flexibility index (Phi) is 3.58. The van der Waals surface area contributed by atoms with Gasteiger partial charge in [-0.1, -0.05) is 6.07 Å². The van der Waals surface area contributed by atoms with Crippen molar-refractivity contribution in [3.8, 4) is 0 Å². The molecule has 2 heterocycles. The van der Waals surface area contributed by atoms with Crippen molar-refractivity contribution in [2.75, 3.05) is 13.2 Å². The third kappa shape index (κ3) is 3.50. The van der Waals surface area contributed by atoms with Crippen LogP contribution in [0.25, 0.3) is 0 Å². The van der Waals surface area contributed by atoms with E-state index < -0.39 is 11.3 Å². The molecule has 0 aliphatic carbocycles. The summed E-state index contributed by atoms with van der Waals surface area (Å²) in [4.78, 5) is 15.7. The lowest BCUT2D eigenvalue weighted by molar-refractivity contribution is -0.153. The van der Waals surface area contributed by atoms with E-state index >= 15 is 0 Å². The number of nitrogens with zero attached hydrogens (tertiary/aromatic N) is 1. The zero-order chi connectivity index (χ0) is 14.1. The second kappa shape index (κ2) is 4.89. The first kappa shape index (κ1) is 13.9. The van der Waals surface area contributed by atoms with Crippen molar-refractivity contribution >= 4 is 5.97 Å². The molecule has 5 heteroatoms. The van der Waals surface area contributed by atoms with Gasteiger partial charge >= 0.3 is 5.97 Å². The van der Waals surface area contributed by atoms with Gasteiger partial charge in [-0.05, 0) is 32.4 Å². The van der Waals surface area contributed by atoms with Crippen LogP contribution in [0.4, 0.5) is 4.39 Å². The molecule has 4 nitrogen and oxygen atoms in total. The summed E-state index contributed by atoms with van der Waals surface area (Å²) < 4.78 is 24.0. The van der Waals surface area contributed by atoms with Crippen molar-refractivity contribution in [3.63, 3.8) is 0 Å². The number of hydrogen-bond acceptors (Lipinski definition) is 4. The van der Waals surface area contributed by atoms with Crippen LogP contribution in [0.15, 0.2) is 18.3 Å². The number of hydrogen-bond donors (Lipinski definition) is 0. The highest BCUT2D eigenvalue weighted by molar-refractivity contribution is 5.72. The van der Waals surface area contributed by atoms with E-state index in [0.29, 0.717) is 11.3 Å². The molecule has 1 aromatic heterocycles. The molecule has 1 fully saturated rings. The Morgan fingerprint density at radius 2 is 2.16 bits per heavy atom. The number of pyridine rings is 1. The lowest BCUT2D eigenvalue weighted by Crippen LogP contribution is -2.43. The lowest BCUT2D eigenvalue weighted by Gasteiger charge is -2.32. The van der Waals surface area contributed by atoms with Gasteiger partial charge in [0.1, 0.15) is 5.60 Å². The van der Waals surface area contributed by atoms with Gasteiger partial charge in [-0.2, -0.15) is 0 Å². The van der Waals surface area contributed by atoms with Crippen LogP contribution in [0.3, 0.4) is 0 Å². The Hall–Kier alpha value is -1.49. The van der Waals surface area contributed by atoms with Gasteiger partial charge in [-0.3, -0.25) is 9.78 Å². The van der Waals surface area contributed by atoms with Gasteiger partial charge in [0, 0.05) is 6.20 Å². The fraction of sp³-hybridized carbons (Fsp3) is 0.571. The lowest BCUT2D eigenvalue weighted by atomic mass is 9.99. The van der Waals surface area contributed by atoms with Crippen LogP contribution in [0.5, 0.6) is 0 Å². The minimum atomic E-state index is -1.47. The second-order valence-electron chi connectivity index (χ2n) is 5.77. The van der Waals surface area contributed by atoms with E-state index in [9.17, 15) is 9.18 Å². The summed E-state index contributed by atoms with van der Waals surface area (Å²) in [6.07, 6.45) is 1.65. The summed E-state index contributed by atoms with van der Waals surface area (Å²) in [6.45, 7) is 5.54. The van der Waals surface area contributed by atoms with Gasteiger partial charge in [-0.15, -0.1) is 0 Å². The van der Waals surface area contributed by atoms with Crippen LogP contribution in [0, 0.1) is 0 Å². The molecule has 0 aromatic carbocycles. The molecule has 1 aliphatic heterocycles. The first-order chi connectivity index (χ1) is 8.78. The molecule has 0 amide bonds. The second-order valence-corrected chi connectivity index (χ2v) is 5.77. The molecular weight excluding hydrogens is 249 g/mol. The molecule has 0 unspecified atom stereocenters. The fourth-order valence-electron chi connectivity index (χ4n) is 1.77. The average Bonchev–Trinajstić information content (AvgIpc) is 2.24. The number of carbonyl (C=O) groups excluding carboxylic acids is 1. The highest BCUT2D eigenvalue weighted by Crippen LogP contribution is 2.32. The predicted molar refractivity (Wildman–Crippen MR) is 67.4 cm³/mol. The summed E-state index contributed by atoms with van der Waals surface area (Å²) in [6, 6.07) is 3.30. The van der Waals surface area contributed by atoms with Crippen LogP contribution in [-0.4, -0.2) is 29.8 Å². The molecule has 1 saturated heterocycles. The minimum absolute atomic E-state index is 0.0470. The van der Waals surface area contributed by atoms with E-state index in [-0.39, 0.29) is 25.6 Å². The standard InChI is InChI=1S/C14H18FNO3/c1-13(2,3)19-12(17)6-10-4-5-11(16-7-10)14(15)8-18-9-14/h4-5,7H,6,8-9H2,1-3H3. The topological polar surface area (TPSA) is 48.4 Å². The molecule has 0 saturated carbocycles. The van der Waals surface area contributed by atoms with Gasteiger partial charge in [0.25, 0.3) is 0 Å². The predicted octanol–water partition coefficient (Wildman–Crippen LogP) is 2.16. The smallest absolute Gasteiger partial charge is 0.310 e. The normalized spacial score (nSPS) is 17.7. The SMILES string of the molecule is CC(C)(C)OC(=O)Cc1ccc(C2(F)COC2)nc1. The molecule has 104 valence electrons. The van der Waals surface area contributed by atoms with Crippen molar-refractivity contribution in [2.45, 2.75) is 38.5 Å². The quantitative estimate of drug-likeness (QED) is 0.787.